The molecule has 0 atom stereocenters. The van der Waals surface area contributed by atoms with Crippen LogP contribution in [0.15, 0.2) is 54.7 Å². The van der Waals surface area contributed by atoms with Crippen LogP contribution in [0.2, 0.25) is 0 Å². The number of thiazole rings is 1. The highest BCUT2D eigenvalue weighted by Gasteiger charge is 2.40. The Kier molecular flexibility index (Phi) is 6.28. The van der Waals surface area contributed by atoms with Crippen LogP contribution in [0.1, 0.15) is 32.4 Å². The molecule has 8 heteroatoms. The molecule has 168 valence electrons. The minimum Gasteiger partial charge on any atom is -0.395 e. The number of piperidine rings is 1. The van der Waals surface area contributed by atoms with Gasteiger partial charge in [0.2, 0.25) is 5.91 Å². The van der Waals surface area contributed by atoms with Gasteiger partial charge in [-0.15, -0.1) is 0 Å². The Hall–Kier alpha value is -2.81. The van der Waals surface area contributed by atoms with Crippen LogP contribution in [0.25, 0.3) is 10.4 Å². The largest absolute Gasteiger partial charge is 0.395 e. The number of aliphatic hydroxyl groups excluding tert-OH is 1. The van der Waals surface area contributed by atoms with Gasteiger partial charge in [-0.1, -0.05) is 47.7 Å². The molecule has 32 heavy (non-hydrogen) atoms. The number of amides is 1. The third-order valence-electron chi connectivity index (χ3n) is 5.95. The van der Waals surface area contributed by atoms with E-state index < -0.39 is 11.0 Å². The summed E-state index contributed by atoms with van der Waals surface area (Å²) in [6.45, 7) is 4.52. The number of anilines is 2. The molecular weight excluding hydrogens is 422 g/mol. The van der Waals surface area contributed by atoms with Gasteiger partial charge in [-0.05, 0) is 44.4 Å². The molecule has 1 aliphatic rings. The number of rotatable bonds is 6. The molecule has 3 aromatic rings. The van der Waals surface area contributed by atoms with Crippen molar-refractivity contribution in [3.8, 4) is 10.4 Å². The molecule has 1 aromatic carbocycles. The number of carbonyl (C=O) groups excluding carboxylic acids is 1. The molecule has 7 nitrogen and oxygen atoms in total. The number of aliphatic hydroxyl groups is 1. The van der Waals surface area contributed by atoms with Crippen LogP contribution in [0, 0.1) is 0 Å². The molecule has 0 bridgehead atoms. The van der Waals surface area contributed by atoms with Crippen LogP contribution < -0.4 is 11.1 Å². The molecule has 4 rings (SSSR count). The summed E-state index contributed by atoms with van der Waals surface area (Å²) in [6.07, 6.45) is 3.13. The molecular formula is C24H29N5O2S. The summed E-state index contributed by atoms with van der Waals surface area (Å²) in [5.74, 6) is 0.622. The highest BCUT2D eigenvalue weighted by atomic mass is 32.1. The molecule has 3 heterocycles. The van der Waals surface area contributed by atoms with Crippen molar-refractivity contribution in [2.24, 2.45) is 5.73 Å². The van der Waals surface area contributed by atoms with Crippen LogP contribution in [-0.2, 0) is 10.2 Å². The first-order chi connectivity index (χ1) is 15.3. The number of nitrogens with two attached hydrogens (primary N) is 1. The minimum absolute atomic E-state index is 0.0209. The number of hydrogen-bond acceptors (Lipinski definition) is 7. The molecule has 1 saturated heterocycles. The number of benzene rings is 1. The topological polar surface area (TPSA) is 104 Å². The van der Waals surface area contributed by atoms with Crippen LogP contribution in [0.5, 0.6) is 0 Å². The molecule has 0 spiro atoms. The lowest BCUT2D eigenvalue weighted by atomic mass is 9.75. The summed E-state index contributed by atoms with van der Waals surface area (Å²) in [7, 11) is 0. The van der Waals surface area contributed by atoms with Gasteiger partial charge in [-0.2, -0.15) is 0 Å². The maximum Gasteiger partial charge on any atom is 0.242 e. The molecule has 2 aromatic heterocycles. The summed E-state index contributed by atoms with van der Waals surface area (Å²) in [4.78, 5) is 24.7. The molecule has 0 saturated carbocycles. The van der Waals surface area contributed by atoms with Crippen molar-refractivity contribution in [3.63, 3.8) is 0 Å². The zero-order valence-corrected chi connectivity index (χ0v) is 19.2. The zero-order valence-electron chi connectivity index (χ0n) is 18.4. The van der Waals surface area contributed by atoms with Crippen LogP contribution in [0.3, 0.4) is 0 Å². The summed E-state index contributed by atoms with van der Waals surface area (Å²) < 4.78 is 0. The maximum absolute atomic E-state index is 12.5. The van der Waals surface area contributed by atoms with Crippen molar-refractivity contribution in [1.82, 2.24) is 14.9 Å². The predicted octanol–water partition coefficient (Wildman–Crippen LogP) is 3.54. The fourth-order valence-electron chi connectivity index (χ4n) is 4.02. The highest BCUT2D eigenvalue weighted by Crippen LogP contribution is 2.36. The smallest absolute Gasteiger partial charge is 0.242 e. The van der Waals surface area contributed by atoms with E-state index in [-0.39, 0.29) is 12.5 Å². The Morgan fingerprint density at radius 3 is 2.56 bits per heavy atom. The van der Waals surface area contributed by atoms with E-state index in [4.69, 9.17) is 10.7 Å². The molecule has 4 N–H and O–H groups in total. The van der Waals surface area contributed by atoms with Gasteiger partial charge >= 0.3 is 0 Å². The quantitative estimate of drug-likeness (QED) is 0.530. The maximum atomic E-state index is 12.5. The second-order valence-electron chi connectivity index (χ2n) is 8.88. The van der Waals surface area contributed by atoms with Crippen LogP contribution in [0.4, 0.5) is 10.9 Å². The molecule has 0 radical (unpaired) electrons. The van der Waals surface area contributed by atoms with Gasteiger partial charge in [0.15, 0.2) is 5.13 Å². The summed E-state index contributed by atoms with van der Waals surface area (Å²) in [6, 6.07) is 15.9. The lowest BCUT2D eigenvalue weighted by molar-refractivity contribution is -0.137. The lowest BCUT2D eigenvalue weighted by Gasteiger charge is -2.42. The minimum atomic E-state index is -0.895. The van der Waals surface area contributed by atoms with Gasteiger partial charge in [0.1, 0.15) is 5.82 Å². The second kappa shape index (κ2) is 8.97. The van der Waals surface area contributed by atoms with Crippen molar-refractivity contribution in [2.75, 3.05) is 25.0 Å². The van der Waals surface area contributed by atoms with Gasteiger partial charge in [0.05, 0.1) is 22.7 Å². The number of nitrogens with one attached hydrogen (secondary N) is 1. The van der Waals surface area contributed by atoms with Gasteiger partial charge in [0.25, 0.3) is 0 Å². The van der Waals surface area contributed by atoms with E-state index in [0.29, 0.717) is 31.7 Å². The van der Waals surface area contributed by atoms with E-state index >= 15 is 0 Å². The number of pyridine rings is 1. The van der Waals surface area contributed by atoms with E-state index in [2.05, 4.69) is 22.4 Å². The molecule has 1 amide bonds. The van der Waals surface area contributed by atoms with Gasteiger partial charge in [-0.25, -0.2) is 9.97 Å². The van der Waals surface area contributed by atoms with Crippen molar-refractivity contribution < 1.29 is 9.90 Å². The zero-order chi connectivity index (χ0) is 22.8. The highest BCUT2D eigenvalue weighted by molar-refractivity contribution is 7.18. The van der Waals surface area contributed by atoms with Crippen LogP contribution in [-0.4, -0.2) is 51.1 Å². The van der Waals surface area contributed by atoms with Crippen molar-refractivity contribution >= 4 is 28.2 Å². The first-order valence-electron chi connectivity index (χ1n) is 10.8. The number of hydrogen-bond donors (Lipinski definition) is 3. The normalized spacial score (nSPS) is 16.1. The number of nitrogens with zero attached hydrogens (tertiary/aromatic N) is 3. The van der Waals surface area contributed by atoms with Gasteiger partial charge in [-0.3, -0.25) is 4.79 Å². The summed E-state index contributed by atoms with van der Waals surface area (Å²) in [5.41, 5.74) is 6.56. The molecule has 1 aliphatic heterocycles. The van der Waals surface area contributed by atoms with E-state index in [1.807, 2.05) is 42.6 Å². The Balaban J connectivity index is 1.49. The lowest BCUT2D eigenvalue weighted by Crippen LogP contribution is -2.55. The third kappa shape index (κ3) is 4.67. The first kappa shape index (κ1) is 22.4. The van der Waals surface area contributed by atoms with Crippen LogP contribution >= 0.6 is 11.3 Å². The average molecular weight is 452 g/mol. The fraction of sp³-hybridized carbons (Fsp3) is 0.375. The predicted molar refractivity (Wildman–Crippen MR) is 128 cm³/mol. The Morgan fingerprint density at radius 2 is 1.91 bits per heavy atom. The Labute approximate surface area is 192 Å². The summed E-state index contributed by atoms with van der Waals surface area (Å²) in [5, 5.41) is 14.3. The van der Waals surface area contributed by atoms with Crippen molar-refractivity contribution in [1.29, 1.82) is 0 Å². The summed E-state index contributed by atoms with van der Waals surface area (Å²) >= 11 is 1.57. The number of aromatic nitrogens is 2. The SMILES string of the molecule is CC(C)(N)C(=O)N1CCC(CO)(c2cccc(Nc3ncc(-c4ccccc4)s3)n2)CC1. The second-order valence-corrected chi connectivity index (χ2v) is 9.91. The van der Waals surface area contributed by atoms with E-state index in [1.165, 1.54) is 0 Å². The number of carbonyl (C=O) groups is 1. The van der Waals surface area contributed by atoms with Gasteiger partial charge in [0, 0.05) is 24.7 Å². The standard InChI is InChI=1S/C24H29N5O2S/c1-23(2,25)21(31)29-13-11-24(16-30,12-14-29)19-9-6-10-20(27-19)28-22-26-15-18(32-22)17-7-4-3-5-8-17/h3-10,15,30H,11-14,16,25H2,1-2H3,(H,26,27,28). The Morgan fingerprint density at radius 1 is 1.19 bits per heavy atom. The monoisotopic (exact) mass is 451 g/mol. The van der Waals surface area contributed by atoms with Gasteiger partial charge < -0.3 is 21.1 Å². The van der Waals surface area contributed by atoms with Crippen molar-refractivity contribution in [2.45, 2.75) is 37.6 Å². The fourth-order valence-corrected chi connectivity index (χ4v) is 4.85. The third-order valence-corrected chi connectivity index (χ3v) is 6.91. The Bertz CT molecular complexity index is 1070. The molecule has 0 aliphatic carbocycles. The van der Waals surface area contributed by atoms with E-state index in [9.17, 15) is 9.90 Å². The van der Waals surface area contributed by atoms with Crippen molar-refractivity contribution in [3.05, 3.63) is 60.4 Å². The van der Waals surface area contributed by atoms with E-state index in [0.717, 1.165) is 21.3 Å². The average Bonchev–Trinajstić information content (AvgIpc) is 3.27. The molecule has 1 fully saturated rings. The van der Waals surface area contributed by atoms with E-state index in [1.54, 1.807) is 30.1 Å². The first-order valence-corrected chi connectivity index (χ1v) is 11.6. The molecule has 0 unspecified atom stereocenters. The number of likely N-dealkylation sites (tertiary alicyclic amines) is 1.